The van der Waals surface area contributed by atoms with E-state index in [1.54, 1.807) is 0 Å². The predicted octanol–water partition coefficient (Wildman–Crippen LogP) is 4.56. The number of hydrogen-bond acceptors (Lipinski definition) is 1. The summed E-state index contributed by atoms with van der Waals surface area (Å²) in [7, 11) is 0. The fourth-order valence-corrected chi connectivity index (χ4v) is 5.35. The molecule has 0 saturated heterocycles. The summed E-state index contributed by atoms with van der Waals surface area (Å²) < 4.78 is 0. The number of hydrogen-bond donors (Lipinski definition) is 1. The predicted molar refractivity (Wildman–Crippen MR) is 89.0 cm³/mol. The van der Waals surface area contributed by atoms with Gasteiger partial charge in [-0.05, 0) is 79.0 Å². The van der Waals surface area contributed by atoms with Crippen LogP contribution in [-0.4, -0.2) is 5.11 Å². The van der Waals surface area contributed by atoms with E-state index in [4.69, 9.17) is 0 Å². The maximum atomic E-state index is 10.5. The number of phenols is 1. The minimum absolute atomic E-state index is 0.494. The molecule has 3 aliphatic carbocycles. The molecule has 1 N–H and O–H groups in total. The van der Waals surface area contributed by atoms with Gasteiger partial charge in [0, 0.05) is 12.0 Å². The number of aromatic hydroxyl groups is 1. The Kier molecular flexibility index (Phi) is 1.32. The van der Waals surface area contributed by atoms with E-state index >= 15 is 0 Å². The zero-order valence-electron chi connectivity index (χ0n) is 12.0. The molecule has 0 saturated carbocycles. The Morgan fingerprint density at radius 1 is 0.545 bits per heavy atom. The minimum Gasteiger partial charge on any atom is -0.508 e. The highest BCUT2D eigenvalue weighted by molar-refractivity contribution is 6.33. The number of benzene rings is 4. The molecule has 0 amide bonds. The van der Waals surface area contributed by atoms with Gasteiger partial charge in [-0.3, -0.25) is 0 Å². The molecule has 4 aromatic carbocycles. The molecule has 22 heavy (non-hydrogen) atoms. The second-order valence-corrected chi connectivity index (χ2v) is 7.08. The summed E-state index contributed by atoms with van der Waals surface area (Å²) in [4.78, 5) is 0. The van der Waals surface area contributed by atoms with Crippen molar-refractivity contribution in [2.75, 3.05) is 0 Å². The Morgan fingerprint density at radius 2 is 1.00 bits per heavy atom. The SMILES string of the molecule is Oc1cc2c3c4c(ccc5c4c4c(ccc6c4c3c1C6)C5)C2. The van der Waals surface area contributed by atoms with Gasteiger partial charge < -0.3 is 5.11 Å². The van der Waals surface area contributed by atoms with E-state index in [2.05, 4.69) is 24.3 Å². The second kappa shape index (κ2) is 2.85. The lowest BCUT2D eigenvalue weighted by molar-refractivity contribution is 0.470. The van der Waals surface area contributed by atoms with Gasteiger partial charge in [0.05, 0.1) is 0 Å². The van der Waals surface area contributed by atoms with Crippen LogP contribution in [-0.2, 0) is 19.3 Å². The Hall–Kier alpha value is -2.54. The van der Waals surface area contributed by atoms with Crippen molar-refractivity contribution in [1.82, 2.24) is 0 Å². The largest absolute Gasteiger partial charge is 0.508 e. The molecule has 4 aromatic rings. The molecule has 0 spiro atoms. The molecule has 0 heterocycles. The van der Waals surface area contributed by atoms with Crippen LogP contribution in [0.15, 0.2) is 30.3 Å². The molecule has 0 aromatic heterocycles. The van der Waals surface area contributed by atoms with E-state index in [0.717, 1.165) is 24.8 Å². The van der Waals surface area contributed by atoms with Crippen LogP contribution in [0.25, 0.3) is 32.3 Å². The van der Waals surface area contributed by atoms with Gasteiger partial charge in [-0.15, -0.1) is 0 Å². The van der Waals surface area contributed by atoms with E-state index < -0.39 is 0 Å². The first-order chi connectivity index (χ1) is 10.8. The third kappa shape index (κ3) is 0.831. The molecular weight excluding hydrogens is 268 g/mol. The lowest BCUT2D eigenvalue weighted by atomic mass is 9.94. The summed E-state index contributed by atoms with van der Waals surface area (Å²) in [5.74, 6) is 0.494. The van der Waals surface area contributed by atoms with Gasteiger partial charge in [-0.2, -0.15) is 0 Å². The maximum Gasteiger partial charge on any atom is 0.120 e. The third-order valence-electron chi connectivity index (χ3n) is 6.13. The molecule has 0 radical (unpaired) electrons. The van der Waals surface area contributed by atoms with Crippen LogP contribution in [0.5, 0.6) is 5.75 Å². The molecule has 0 aliphatic heterocycles. The summed E-state index contributed by atoms with van der Waals surface area (Å²) in [6, 6.07) is 11.3. The van der Waals surface area contributed by atoms with Gasteiger partial charge in [0.2, 0.25) is 0 Å². The van der Waals surface area contributed by atoms with Crippen molar-refractivity contribution in [3.8, 4) is 5.75 Å². The Balaban J connectivity index is 2.01. The van der Waals surface area contributed by atoms with Crippen molar-refractivity contribution < 1.29 is 5.11 Å². The number of phenolic OH excluding ortho intramolecular Hbond substituents is 1. The standard InChI is InChI=1S/C21H12O/c22-15-8-13-6-11-2-1-9-5-10-3-4-12-7-14(15)21-19(12)17(10)16(9)18(11)20(13)21/h1-4,8,22H,5-7H2. The van der Waals surface area contributed by atoms with Gasteiger partial charge in [-0.1, -0.05) is 24.3 Å². The van der Waals surface area contributed by atoms with Crippen LogP contribution in [0.3, 0.4) is 0 Å². The molecular formula is C21H12O. The molecule has 0 unspecified atom stereocenters. The molecule has 0 fully saturated rings. The second-order valence-electron chi connectivity index (χ2n) is 7.08. The third-order valence-corrected chi connectivity index (χ3v) is 6.13. The van der Waals surface area contributed by atoms with E-state index in [0.29, 0.717) is 5.75 Å². The summed E-state index contributed by atoms with van der Waals surface area (Å²) >= 11 is 0. The van der Waals surface area contributed by atoms with Crippen LogP contribution < -0.4 is 0 Å². The van der Waals surface area contributed by atoms with Gasteiger partial charge in [0.1, 0.15) is 5.75 Å². The summed E-state index contributed by atoms with van der Waals surface area (Å²) in [6.45, 7) is 0. The lowest BCUT2D eigenvalue weighted by Crippen LogP contribution is -1.85. The molecule has 3 aliphatic rings. The summed E-state index contributed by atoms with van der Waals surface area (Å²) in [6.07, 6.45) is 2.92. The zero-order valence-corrected chi connectivity index (χ0v) is 12.0. The minimum atomic E-state index is 0.494. The topological polar surface area (TPSA) is 20.2 Å². The molecule has 1 heteroatoms. The first-order valence-electron chi connectivity index (χ1n) is 7.99. The van der Waals surface area contributed by atoms with E-state index in [9.17, 15) is 5.11 Å². The normalized spacial score (nSPS) is 15.8. The van der Waals surface area contributed by atoms with E-state index in [1.165, 1.54) is 60.1 Å². The lowest BCUT2D eigenvalue weighted by Gasteiger charge is -2.09. The van der Waals surface area contributed by atoms with E-state index in [-0.39, 0.29) is 0 Å². The van der Waals surface area contributed by atoms with Crippen molar-refractivity contribution in [3.63, 3.8) is 0 Å². The van der Waals surface area contributed by atoms with Crippen molar-refractivity contribution in [3.05, 3.63) is 63.7 Å². The van der Waals surface area contributed by atoms with Gasteiger partial charge in [-0.25, -0.2) is 0 Å². The first-order valence-corrected chi connectivity index (χ1v) is 7.99. The Bertz CT molecular complexity index is 1210. The monoisotopic (exact) mass is 280 g/mol. The van der Waals surface area contributed by atoms with Gasteiger partial charge in [0.15, 0.2) is 0 Å². The molecule has 102 valence electrons. The van der Waals surface area contributed by atoms with E-state index in [1.807, 2.05) is 6.07 Å². The quantitative estimate of drug-likeness (QED) is 0.404. The van der Waals surface area contributed by atoms with Crippen LogP contribution in [0.4, 0.5) is 0 Å². The van der Waals surface area contributed by atoms with Crippen LogP contribution >= 0.6 is 0 Å². The van der Waals surface area contributed by atoms with Crippen LogP contribution in [0.1, 0.15) is 33.4 Å². The fraction of sp³-hybridized carbons (Fsp3) is 0.143. The van der Waals surface area contributed by atoms with Crippen molar-refractivity contribution >= 4 is 32.3 Å². The molecule has 0 atom stereocenters. The summed E-state index contributed by atoms with van der Waals surface area (Å²) in [5.41, 5.74) is 8.26. The summed E-state index contributed by atoms with van der Waals surface area (Å²) in [5, 5.41) is 19.2. The van der Waals surface area contributed by atoms with Crippen molar-refractivity contribution in [1.29, 1.82) is 0 Å². The molecule has 0 bridgehead atoms. The number of rotatable bonds is 0. The van der Waals surface area contributed by atoms with Crippen molar-refractivity contribution in [2.45, 2.75) is 19.3 Å². The highest BCUT2D eigenvalue weighted by Crippen LogP contribution is 2.54. The highest BCUT2D eigenvalue weighted by Gasteiger charge is 2.32. The van der Waals surface area contributed by atoms with Gasteiger partial charge >= 0.3 is 0 Å². The van der Waals surface area contributed by atoms with Crippen LogP contribution in [0, 0.1) is 0 Å². The Morgan fingerprint density at radius 3 is 1.64 bits per heavy atom. The van der Waals surface area contributed by atoms with Gasteiger partial charge in [0.25, 0.3) is 0 Å². The first kappa shape index (κ1) is 10.2. The zero-order chi connectivity index (χ0) is 14.2. The maximum absolute atomic E-state index is 10.5. The average molecular weight is 280 g/mol. The fourth-order valence-electron chi connectivity index (χ4n) is 5.35. The average Bonchev–Trinajstić information content (AvgIpc) is 3.15. The molecule has 1 nitrogen and oxygen atoms in total. The Labute approximate surface area is 126 Å². The van der Waals surface area contributed by atoms with Crippen molar-refractivity contribution in [2.24, 2.45) is 0 Å². The van der Waals surface area contributed by atoms with Crippen LogP contribution in [0.2, 0.25) is 0 Å². The smallest absolute Gasteiger partial charge is 0.120 e. The molecule has 7 rings (SSSR count). The highest BCUT2D eigenvalue weighted by atomic mass is 16.3.